The van der Waals surface area contributed by atoms with Crippen molar-refractivity contribution >= 4 is 56.2 Å². The van der Waals surface area contributed by atoms with Gasteiger partial charge in [0.2, 0.25) is 0 Å². The molecule has 0 radical (unpaired) electrons. The molecule has 2 heterocycles. The van der Waals surface area contributed by atoms with E-state index in [0.717, 1.165) is 37.3 Å². The van der Waals surface area contributed by atoms with E-state index in [2.05, 4.69) is 20.8 Å². The molecular formula is C16H16BrFN2O2S2. The van der Waals surface area contributed by atoms with Gasteiger partial charge in [0.05, 0.1) is 18.1 Å². The predicted octanol–water partition coefficient (Wildman–Crippen LogP) is 3.12. The molecule has 2 aliphatic heterocycles. The van der Waals surface area contributed by atoms with Gasteiger partial charge >= 0.3 is 0 Å². The van der Waals surface area contributed by atoms with Gasteiger partial charge in [0.15, 0.2) is 0 Å². The fraction of sp³-hybridized carbons (Fsp3) is 0.375. The number of benzene rings is 1. The van der Waals surface area contributed by atoms with E-state index in [1.165, 1.54) is 17.8 Å². The van der Waals surface area contributed by atoms with Gasteiger partial charge in [-0.3, -0.25) is 14.6 Å². The molecule has 2 aliphatic rings. The Morgan fingerprint density at radius 1 is 1.33 bits per heavy atom. The number of hydrogen-bond donors (Lipinski definition) is 0. The molecule has 0 atom stereocenters. The molecule has 0 aliphatic carbocycles. The summed E-state index contributed by atoms with van der Waals surface area (Å²) in [4.78, 5) is 16.9. The van der Waals surface area contributed by atoms with Gasteiger partial charge in [0, 0.05) is 36.2 Å². The number of thiocarbonyl (C=S) groups is 1. The molecule has 8 heteroatoms. The van der Waals surface area contributed by atoms with Crippen molar-refractivity contribution in [2.75, 3.05) is 39.4 Å². The second-order valence-corrected chi connectivity index (χ2v) is 8.04. The minimum atomic E-state index is -0.364. The number of carbonyl (C=O) groups is 1. The minimum Gasteiger partial charge on any atom is -0.379 e. The molecule has 1 aromatic carbocycles. The molecule has 0 saturated carbocycles. The van der Waals surface area contributed by atoms with E-state index in [1.54, 1.807) is 23.1 Å². The third kappa shape index (κ3) is 4.23. The summed E-state index contributed by atoms with van der Waals surface area (Å²) < 4.78 is 20.5. The number of morpholine rings is 1. The highest BCUT2D eigenvalue weighted by molar-refractivity contribution is 9.10. The van der Waals surface area contributed by atoms with Gasteiger partial charge in [-0.15, -0.1) is 0 Å². The Balaban J connectivity index is 1.69. The van der Waals surface area contributed by atoms with Crippen LogP contribution in [0.4, 0.5) is 4.39 Å². The van der Waals surface area contributed by atoms with Crippen LogP contribution in [0.3, 0.4) is 0 Å². The third-order valence-corrected chi connectivity index (χ3v) is 5.73. The van der Waals surface area contributed by atoms with Crippen LogP contribution in [0.25, 0.3) is 6.08 Å². The fourth-order valence-corrected chi connectivity index (χ4v) is 4.20. The number of halogens is 2. The predicted molar refractivity (Wildman–Crippen MR) is 101 cm³/mol. The first kappa shape index (κ1) is 18.0. The van der Waals surface area contributed by atoms with Crippen molar-refractivity contribution in [3.8, 4) is 0 Å². The number of amides is 1. The minimum absolute atomic E-state index is 0.155. The highest BCUT2D eigenvalue weighted by Gasteiger charge is 2.32. The van der Waals surface area contributed by atoms with E-state index in [9.17, 15) is 9.18 Å². The van der Waals surface area contributed by atoms with Crippen LogP contribution in [0.5, 0.6) is 0 Å². The SMILES string of the molecule is O=C1C(=Cc2cc(Br)ccc2F)SC(=S)N1CCN1CCOCC1. The zero-order chi connectivity index (χ0) is 17.1. The second kappa shape index (κ2) is 8.05. The average Bonchev–Trinajstić information content (AvgIpc) is 2.84. The molecule has 3 rings (SSSR count). The normalized spacial score (nSPS) is 21.1. The van der Waals surface area contributed by atoms with Crippen LogP contribution >= 0.6 is 39.9 Å². The van der Waals surface area contributed by atoms with Crippen LogP contribution in [0.2, 0.25) is 0 Å². The van der Waals surface area contributed by atoms with Crippen LogP contribution in [0.1, 0.15) is 5.56 Å². The number of ether oxygens (including phenoxy) is 1. The average molecular weight is 431 g/mol. The van der Waals surface area contributed by atoms with Crippen molar-refractivity contribution < 1.29 is 13.9 Å². The summed E-state index contributed by atoms with van der Waals surface area (Å²) in [5.41, 5.74) is 0.373. The quantitative estimate of drug-likeness (QED) is 0.541. The summed E-state index contributed by atoms with van der Waals surface area (Å²) in [6.07, 6.45) is 1.56. The van der Waals surface area contributed by atoms with Crippen LogP contribution in [-0.2, 0) is 9.53 Å². The van der Waals surface area contributed by atoms with Gasteiger partial charge < -0.3 is 4.74 Å². The maximum absolute atomic E-state index is 13.9. The number of carbonyl (C=O) groups excluding carboxylic acids is 1. The third-order valence-electron chi connectivity index (χ3n) is 3.86. The Bertz CT molecular complexity index is 693. The first-order chi connectivity index (χ1) is 11.5. The molecule has 24 heavy (non-hydrogen) atoms. The van der Waals surface area contributed by atoms with Gasteiger partial charge in [-0.05, 0) is 24.3 Å². The van der Waals surface area contributed by atoms with Gasteiger partial charge in [-0.1, -0.05) is 39.9 Å². The summed E-state index contributed by atoms with van der Waals surface area (Å²) in [6.45, 7) is 4.49. The van der Waals surface area contributed by atoms with Crippen LogP contribution < -0.4 is 0 Å². The van der Waals surface area contributed by atoms with Crippen molar-refractivity contribution in [3.05, 3.63) is 39.0 Å². The highest BCUT2D eigenvalue weighted by Crippen LogP contribution is 2.33. The van der Waals surface area contributed by atoms with Crippen molar-refractivity contribution in [1.29, 1.82) is 0 Å². The Hall–Kier alpha value is -0.800. The van der Waals surface area contributed by atoms with E-state index in [-0.39, 0.29) is 11.7 Å². The van der Waals surface area contributed by atoms with Crippen molar-refractivity contribution in [2.45, 2.75) is 0 Å². The highest BCUT2D eigenvalue weighted by atomic mass is 79.9. The van der Waals surface area contributed by atoms with E-state index >= 15 is 0 Å². The molecule has 4 nitrogen and oxygen atoms in total. The first-order valence-corrected chi connectivity index (χ1v) is 9.57. The lowest BCUT2D eigenvalue weighted by Gasteiger charge is -2.28. The van der Waals surface area contributed by atoms with E-state index in [1.807, 2.05) is 0 Å². The lowest BCUT2D eigenvalue weighted by Crippen LogP contribution is -2.42. The van der Waals surface area contributed by atoms with E-state index in [4.69, 9.17) is 17.0 Å². The smallest absolute Gasteiger partial charge is 0.266 e. The number of nitrogens with zero attached hydrogens (tertiary/aromatic N) is 2. The van der Waals surface area contributed by atoms with E-state index in [0.29, 0.717) is 21.3 Å². The Morgan fingerprint density at radius 3 is 2.83 bits per heavy atom. The maximum Gasteiger partial charge on any atom is 0.266 e. The molecule has 1 aromatic rings. The summed E-state index contributed by atoms with van der Waals surface area (Å²) >= 11 is 9.85. The van der Waals surface area contributed by atoms with Crippen LogP contribution in [-0.4, -0.2) is 59.4 Å². The topological polar surface area (TPSA) is 32.8 Å². The zero-order valence-electron chi connectivity index (χ0n) is 12.8. The molecule has 1 amide bonds. The second-order valence-electron chi connectivity index (χ2n) is 5.45. The lowest BCUT2D eigenvalue weighted by atomic mass is 10.2. The summed E-state index contributed by atoms with van der Waals surface area (Å²) in [7, 11) is 0. The molecule has 128 valence electrons. The number of hydrogen-bond acceptors (Lipinski definition) is 5. The van der Waals surface area contributed by atoms with Gasteiger partial charge in [-0.25, -0.2) is 4.39 Å². The molecule has 0 N–H and O–H groups in total. The molecule has 2 fully saturated rings. The Morgan fingerprint density at radius 2 is 2.08 bits per heavy atom. The Kier molecular flexibility index (Phi) is 6.04. The van der Waals surface area contributed by atoms with Crippen molar-refractivity contribution in [1.82, 2.24) is 9.80 Å². The summed E-state index contributed by atoms with van der Waals surface area (Å²) in [5.74, 6) is -0.519. The fourth-order valence-electron chi connectivity index (χ4n) is 2.53. The van der Waals surface area contributed by atoms with Crippen LogP contribution in [0.15, 0.2) is 27.6 Å². The van der Waals surface area contributed by atoms with Crippen LogP contribution in [0, 0.1) is 5.82 Å². The summed E-state index contributed by atoms with van der Waals surface area (Å²) in [5, 5.41) is 0. The largest absolute Gasteiger partial charge is 0.379 e. The lowest BCUT2D eigenvalue weighted by molar-refractivity contribution is -0.122. The molecule has 0 unspecified atom stereocenters. The molecule has 0 bridgehead atoms. The summed E-state index contributed by atoms with van der Waals surface area (Å²) in [6, 6.07) is 4.64. The molecule has 2 saturated heterocycles. The van der Waals surface area contributed by atoms with Crippen molar-refractivity contribution in [3.63, 3.8) is 0 Å². The van der Waals surface area contributed by atoms with Gasteiger partial charge in [0.25, 0.3) is 5.91 Å². The maximum atomic E-state index is 13.9. The van der Waals surface area contributed by atoms with E-state index < -0.39 is 0 Å². The zero-order valence-corrected chi connectivity index (χ0v) is 16.1. The Labute approximate surface area is 158 Å². The molecule has 0 spiro atoms. The number of rotatable bonds is 4. The standard InChI is InChI=1S/C16H16BrFN2O2S2/c17-12-1-2-13(18)11(9-12)10-14-15(21)20(16(23)24-14)4-3-19-5-7-22-8-6-19/h1-2,9-10H,3-8H2. The van der Waals surface area contributed by atoms with Gasteiger partial charge in [-0.2, -0.15) is 0 Å². The first-order valence-electron chi connectivity index (χ1n) is 7.55. The van der Waals surface area contributed by atoms with Crippen molar-refractivity contribution in [2.24, 2.45) is 0 Å². The molecule has 0 aromatic heterocycles. The monoisotopic (exact) mass is 430 g/mol. The molecular weight excluding hydrogens is 415 g/mol. The van der Waals surface area contributed by atoms with Gasteiger partial charge in [0.1, 0.15) is 10.1 Å². The number of thioether (sulfide) groups is 1.